The quantitative estimate of drug-likeness (QED) is 0.667. The lowest BCUT2D eigenvalue weighted by Gasteiger charge is -2.12. The normalized spacial score (nSPS) is 10.0. The van der Waals surface area contributed by atoms with Crippen molar-refractivity contribution in [3.05, 3.63) is 35.4 Å². The van der Waals surface area contributed by atoms with Crippen LogP contribution in [0.5, 0.6) is 5.75 Å². The molecule has 1 aromatic carbocycles. The number of carbonyl (C=O) groups excluding carboxylic acids is 1. The van der Waals surface area contributed by atoms with Gasteiger partial charge in [-0.05, 0) is 36.1 Å². The second kappa shape index (κ2) is 6.89. The van der Waals surface area contributed by atoms with E-state index in [1.54, 1.807) is 6.08 Å². The molecular weight excluding hydrogens is 212 g/mol. The van der Waals surface area contributed by atoms with Crippen LogP contribution in [0.2, 0.25) is 0 Å². The van der Waals surface area contributed by atoms with Gasteiger partial charge in [-0.25, -0.2) is 0 Å². The minimum atomic E-state index is 0.605. The van der Waals surface area contributed by atoms with E-state index in [-0.39, 0.29) is 0 Å². The average Bonchev–Trinajstić information content (AvgIpc) is 2.36. The van der Waals surface area contributed by atoms with Crippen LogP contribution < -0.4 is 4.74 Å². The molecule has 0 aliphatic carbocycles. The van der Waals surface area contributed by atoms with Gasteiger partial charge < -0.3 is 4.74 Å². The summed E-state index contributed by atoms with van der Waals surface area (Å²) in [6.07, 6.45) is 5.61. The van der Waals surface area contributed by atoms with E-state index in [0.717, 1.165) is 31.1 Å². The molecule has 0 fully saturated rings. The summed E-state index contributed by atoms with van der Waals surface area (Å²) in [4.78, 5) is 11.0. The topological polar surface area (TPSA) is 26.3 Å². The molecule has 0 atom stereocenters. The summed E-state index contributed by atoms with van der Waals surface area (Å²) < 4.78 is 5.60. The Hall–Kier alpha value is -1.57. The van der Waals surface area contributed by atoms with Gasteiger partial charge in [0.2, 0.25) is 0 Å². The zero-order valence-corrected chi connectivity index (χ0v) is 10.7. The van der Waals surface area contributed by atoms with Crippen LogP contribution in [-0.4, -0.2) is 12.9 Å². The third-order valence-electron chi connectivity index (χ3n) is 2.60. The lowest BCUT2D eigenvalue weighted by molar-refractivity contribution is 0.111. The SMILES string of the molecule is C=Cc1cc(C=O)c(OCCC)cc1CCC. The van der Waals surface area contributed by atoms with Crippen molar-refractivity contribution < 1.29 is 9.53 Å². The van der Waals surface area contributed by atoms with Crippen LogP contribution in [0.3, 0.4) is 0 Å². The van der Waals surface area contributed by atoms with Gasteiger partial charge in [0, 0.05) is 0 Å². The molecule has 0 saturated heterocycles. The number of aryl methyl sites for hydroxylation is 1. The Morgan fingerprint density at radius 2 is 2.00 bits per heavy atom. The third kappa shape index (κ3) is 3.45. The molecule has 92 valence electrons. The molecular formula is C15H20O2. The van der Waals surface area contributed by atoms with E-state index < -0.39 is 0 Å². The molecule has 0 bridgehead atoms. The van der Waals surface area contributed by atoms with Crippen LogP contribution >= 0.6 is 0 Å². The summed E-state index contributed by atoms with van der Waals surface area (Å²) in [5.41, 5.74) is 2.82. The zero-order valence-electron chi connectivity index (χ0n) is 10.7. The number of hydrogen-bond donors (Lipinski definition) is 0. The number of benzene rings is 1. The number of hydrogen-bond acceptors (Lipinski definition) is 2. The molecule has 2 heteroatoms. The summed E-state index contributed by atoms with van der Waals surface area (Å²) in [5.74, 6) is 0.691. The summed E-state index contributed by atoms with van der Waals surface area (Å²) in [5, 5.41) is 0. The van der Waals surface area contributed by atoms with Crippen molar-refractivity contribution in [1.82, 2.24) is 0 Å². The monoisotopic (exact) mass is 232 g/mol. The smallest absolute Gasteiger partial charge is 0.153 e. The molecule has 1 aromatic rings. The highest BCUT2D eigenvalue weighted by Crippen LogP contribution is 2.24. The van der Waals surface area contributed by atoms with Crippen LogP contribution in [0.4, 0.5) is 0 Å². The van der Waals surface area contributed by atoms with Crippen LogP contribution in [0.25, 0.3) is 6.08 Å². The molecule has 0 saturated carbocycles. The summed E-state index contributed by atoms with van der Waals surface area (Å²) in [6, 6.07) is 3.83. The maximum Gasteiger partial charge on any atom is 0.153 e. The molecule has 0 aliphatic rings. The van der Waals surface area contributed by atoms with Gasteiger partial charge in [-0.3, -0.25) is 4.79 Å². The van der Waals surface area contributed by atoms with E-state index in [1.165, 1.54) is 5.56 Å². The molecule has 0 radical (unpaired) electrons. The summed E-state index contributed by atoms with van der Waals surface area (Å²) in [7, 11) is 0. The number of aldehydes is 1. The highest BCUT2D eigenvalue weighted by molar-refractivity contribution is 5.81. The van der Waals surface area contributed by atoms with Crippen molar-refractivity contribution in [2.75, 3.05) is 6.61 Å². The van der Waals surface area contributed by atoms with Crippen molar-refractivity contribution in [1.29, 1.82) is 0 Å². The van der Waals surface area contributed by atoms with Crippen molar-refractivity contribution in [2.45, 2.75) is 33.1 Å². The molecule has 2 nitrogen and oxygen atoms in total. The first-order valence-corrected chi connectivity index (χ1v) is 6.14. The maximum absolute atomic E-state index is 11.0. The highest BCUT2D eigenvalue weighted by Gasteiger charge is 2.08. The van der Waals surface area contributed by atoms with Crippen LogP contribution in [0.15, 0.2) is 18.7 Å². The van der Waals surface area contributed by atoms with Gasteiger partial charge in [-0.15, -0.1) is 0 Å². The Bertz CT molecular complexity index is 394. The van der Waals surface area contributed by atoms with Gasteiger partial charge in [0.15, 0.2) is 6.29 Å². The predicted octanol–water partition coefficient (Wildman–Crippen LogP) is 3.88. The maximum atomic E-state index is 11.0. The summed E-state index contributed by atoms with van der Waals surface area (Å²) in [6.45, 7) is 8.60. The van der Waals surface area contributed by atoms with Gasteiger partial charge in [0.1, 0.15) is 5.75 Å². The Balaban J connectivity index is 3.13. The number of rotatable bonds is 7. The lowest BCUT2D eigenvalue weighted by Crippen LogP contribution is -2.01. The fourth-order valence-corrected chi connectivity index (χ4v) is 1.76. The first kappa shape index (κ1) is 13.5. The largest absolute Gasteiger partial charge is 0.493 e. The van der Waals surface area contributed by atoms with Crippen molar-refractivity contribution in [3.63, 3.8) is 0 Å². The van der Waals surface area contributed by atoms with E-state index in [9.17, 15) is 4.79 Å². The molecule has 0 aromatic heterocycles. The zero-order chi connectivity index (χ0) is 12.7. The molecule has 0 N–H and O–H groups in total. The number of carbonyl (C=O) groups is 1. The lowest BCUT2D eigenvalue weighted by atomic mass is 10.00. The van der Waals surface area contributed by atoms with Crippen molar-refractivity contribution >= 4 is 12.4 Å². The average molecular weight is 232 g/mol. The summed E-state index contributed by atoms with van der Waals surface area (Å²) >= 11 is 0. The molecule has 0 spiro atoms. The first-order valence-electron chi connectivity index (χ1n) is 6.14. The minimum Gasteiger partial charge on any atom is -0.493 e. The molecule has 17 heavy (non-hydrogen) atoms. The Morgan fingerprint density at radius 1 is 1.24 bits per heavy atom. The fourth-order valence-electron chi connectivity index (χ4n) is 1.76. The van der Waals surface area contributed by atoms with Gasteiger partial charge in [0.05, 0.1) is 12.2 Å². The Kier molecular flexibility index (Phi) is 5.47. The van der Waals surface area contributed by atoms with Crippen LogP contribution in [0.1, 0.15) is 48.2 Å². The third-order valence-corrected chi connectivity index (χ3v) is 2.60. The molecule has 0 aliphatic heterocycles. The molecule has 0 heterocycles. The highest BCUT2D eigenvalue weighted by atomic mass is 16.5. The standard InChI is InChI=1S/C15H20O2/c1-4-7-13-10-15(17-8-5-2)14(11-16)9-12(13)6-3/h6,9-11H,3-5,7-8H2,1-2H3. The second-order valence-electron chi connectivity index (χ2n) is 4.01. The van der Waals surface area contributed by atoms with E-state index in [2.05, 4.69) is 13.5 Å². The van der Waals surface area contributed by atoms with Gasteiger partial charge >= 0.3 is 0 Å². The minimum absolute atomic E-state index is 0.605. The number of ether oxygens (including phenoxy) is 1. The van der Waals surface area contributed by atoms with E-state index >= 15 is 0 Å². The van der Waals surface area contributed by atoms with Crippen molar-refractivity contribution in [3.8, 4) is 5.75 Å². The molecule has 0 unspecified atom stereocenters. The van der Waals surface area contributed by atoms with E-state index in [0.29, 0.717) is 17.9 Å². The fraction of sp³-hybridized carbons (Fsp3) is 0.400. The van der Waals surface area contributed by atoms with Crippen molar-refractivity contribution in [2.24, 2.45) is 0 Å². The Morgan fingerprint density at radius 3 is 2.53 bits per heavy atom. The van der Waals surface area contributed by atoms with Crippen LogP contribution in [0, 0.1) is 0 Å². The molecule has 1 rings (SSSR count). The Labute approximate surface area is 103 Å². The van der Waals surface area contributed by atoms with Gasteiger partial charge in [-0.1, -0.05) is 32.9 Å². The van der Waals surface area contributed by atoms with Gasteiger partial charge in [0.25, 0.3) is 0 Å². The first-order chi connectivity index (χ1) is 8.26. The van der Waals surface area contributed by atoms with Crippen LogP contribution in [-0.2, 0) is 6.42 Å². The van der Waals surface area contributed by atoms with E-state index in [4.69, 9.17) is 4.74 Å². The van der Waals surface area contributed by atoms with E-state index in [1.807, 2.05) is 19.1 Å². The van der Waals surface area contributed by atoms with Gasteiger partial charge in [-0.2, -0.15) is 0 Å². The second-order valence-corrected chi connectivity index (χ2v) is 4.01. The predicted molar refractivity (Wildman–Crippen MR) is 71.7 cm³/mol. The molecule has 0 amide bonds.